The van der Waals surface area contributed by atoms with E-state index in [-0.39, 0.29) is 17.3 Å². The largest absolute Gasteiger partial charge is 0.507 e. The molecule has 1 aliphatic heterocycles. The minimum Gasteiger partial charge on any atom is -0.507 e. The van der Waals surface area contributed by atoms with Gasteiger partial charge in [-0.3, -0.25) is 9.69 Å². The minimum atomic E-state index is -0.134. The number of benzene rings is 2. The number of ether oxygens (including phenoxy) is 1. The number of allylic oxidation sites excluding steroid dienone is 3. The Hall–Kier alpha value is -2.85. The van der Waals surface area contributed by atoms with Crippen LogP contribution in [0.4, 0.5) is 0 Å². The normalized spacial score (nSPS) is 15.0. The fourth-order valence-corrected chi connectivity index (χ4v) is 4.02. The Morgan fingerprint density at radius 1 is 1.06 bits per heavy atom. The van der Waals surface area contributed by atoms with Gasteiger partial charge in [-0.1, -0.05) is 70.2 Å². The molecule has 0 spiro atoms. The van der Waals surface area contributed by atoms with Gasteiger partial charge in [0.1, 0.15) is 11.5 Å². The molecule has 0 aliphatic carbocycles. The molecule has 2 aromatic rings. The lowest BCUT2D eigenvalue weighted by Gasteiger charge is -2.27. The van der Waals surface area contributed by atoms with Crippen molar-refractivity contribution in [3.05, 3.63) is 76.6 Å². The van der Waals surface area contributed by atoms with Gasteiger partial charge < -0.3 is 9.84 Å². The summed E-state index contributed by atoms with van der Waals surface area (Å²) in [7, 11) is 0. The summed E-state index contributed by atoms with van der Waals surface area (Å²) >= 11 is 0. The second-order valence-corrected chi connectivity index (χ2v) is 9.11. The summed E-state index contributed by atoms with van der Waals surface area (Å²) in [5, 5.41) is 10.7. The maximum atomic E-state index is 13.0. The molecular weight excluding hydrogens is 386 g/mol. The molecule has 164 valence electrons. The first-order chi connectivity index (χ1) is 14.8. The highest BCUT2D eigenvalue weighted by molar-refractivity contribution is 6.14. The number of ketones is 1. The molecule has 0 amide bonds. The SMILES string of the molecule is Cc1cc(O)c(CN(CC(C)C)CC(C)C)c2c1C(=O)/C(=C/C=C/c1ccccc1)O2. The highest BCUT2D eigenvalue weighted by Gasteiger charge is 2.33. The van der Waals surface area contributed by atoms with E-state index in [4.69, 9.17) is 4.74 Å². The number of carbonyl (C=O) groups excluding carboxylic acids is 1. The summed E-state index contributed by atoms with van der Waals surface area (Å²) in [6.07, 6.45) is 5.47. The van der Waals surface area contributed by atoms with Crippen molar-refractivity contribution in [3.63, 3.8) is 0 Å². The van der Waals surface area contributed by atoms with Crippen LogP contribution in [0.5, 0.6) is 11.5 Å². The van der Waals surface area contributed by atoms with Crippen molar-refractivity contribution in [2.75, 3.05) is 13.1 Å². The van der Waals surface area contributed by atoms with Crippen molar-refractivity contribution >= 4 is 11.9 Å². The van der Waals surface area contributed by atoms with Gasteiger partial charge in [-0.2, -0.15) is 0 Å². The van der Waals surface area contributed by atoms with E-state index in [2.05, 4.69) is 32.6 Å². The Balaban J connectivity index is 1.91. The van der Waals surface area contributed by atoms with E-state index in [0.29, 0.717) is 35.3 Å². The molecule has 0 radical (unpaired) electrons. The first-order valence-corrected chi connectivity index (χ1v) is 11.0. The second kappa shape index (κ2) is 9.97. The van der Waals surface area contributed by atoms with E-state index in [9.17, 15) is 9.90 Å². The highest BCUT2D eigenvalue weighted by Crippen LogP contribution is 2.42. The van der Waals surface area contributed by atoms with Crippen LogP contribution in [-0.2, 0) is 6.54 Å². The molecule has 1 heterocycles. The molecule has 1 aliphatic rings. The van der Waals surface area contributed by atoms with Crippen LogP contribution in [0.15, 0.2) is 54.3 Å². The highest BCUT2D eigenvalue weighted by atomic mass is 16.5. The zero-order chi connectivity index (χ0) is 22.5. The average Bonchev–Trinajstić information content (AvgIpc) is 3.02. The molecule has 1 N–H and O–H groups in total. The van der Waals surface area contributed by atoms with Crippen molar-refractivity contribution < 1.29 is 14.6 Å². The number of aryl methyl sites for hydroxylation is 1. The Morgan fingerprint density at radius 2 is 1.71 bits per heavy atom. The van der Waals surface area contributed by atoms with E-state index in [1.807, 2.05) is 49.4 Å². The van der Waals surface area contributed by atoms with Gasteiger partial charge in [0.15, 0.2) is 5.76 Å². The predicted octanol–water partition coefficient (Wildman–Crippen LogP) is 5.99. The number of aromatic hydroxyl groups is 1. The van der Waals surface area contributed by atoms with Gasteiger partial charge in [-0.15, -0.1) is 0 Å². The first-order valence-electron chi connectivity index (χ1n) is 11.0. The van der Waals surface area contributed by atoms with Crippen molar-refractivity contribution in [1.82, 2.24) is 4.90 Å². The summed E-state index contributed by atoms with van der Waals surface area (Å²) < 4.78 is 6.03. The molecule has 0 saturated carbocycles. The Labute approximate surface area is 185 Å². The van der Waals surface area contributed by atoms with E-state index in [1.54, 1.807) is 12.1 Å². The van der Waals surface area contributed by atoms with Gasteiger partial charge in [0.2, 0.25) is 5.78 Å². The van der Waals surface area contributed by atoms with E-state index in [1.165, 1.54) is 0 Å². The Morgan fingerprint density at radius 3 is 2.32 bits per heavy atom. The number of phenolic OH excluding ortho intramolecular Hbond substituents is 1. The summed E-state index contributed by atoms with van der Waals surface area (Å²) in [4.78, 5) is 15.4. The third-order valence-electron chi connectivity index (χ3n) is 5.19. The fraction of sp³-hybridized carbons (Fsp3) is 0.370. The Kier molecular flexibility index (Phi) is 7.34. The topological polar surface area (TPSA) is 49.8 Å². The molecule has 0 aromatic heterocycles. The van der Waals surface area contributed by atoms with E-state index < -0.39 is 0 Å². The lowest BCUT2D eigenvalue weighted by atomic mass is 9.99. The molecule has 0 unspecified atom stereocenters. The number of carbonyl (C=O) groups is 1. The molecule has 0 atom stereocenters. The maximum absolute atomic E-state index is 13.0. The number of phenols is 1. The van der Waals surface area contributed by atoms with Crippen molar-refractivity contribution in [3.8, 4) is 11.5 Å². The van der Waals surface area contributed by atoms with Crippen molar-refractivity contribution in [2.24, 2.45) is 11.8 Å². The summed E-state index contributed by atoms with van der Waals surface area (Å²) in [5.41, 5.74) is 3.03. The lowest BCUT2D eigenvalue weighted by Crippen LogP contribution is -2.31. The molecule has 3 rings (SSSR count). The molecule has 0 saturated heterocycles. The number of hydrogen-bond donors (Lipinski definition) is 1. The molecule has 31 heavy (non-hydrogen) atoms. The van der Waals surface area contributed by atoms with E-state index >= 15 is 0 Å². The zero-order valence-corrected chi connectivity index (χ0v) is 19.2. The third kappa shape index (κ3) is 5.65. The van der Waals surface area contributed by atoms with E-state index in [0.717, 1.165) is 24.2 Å². The average molecular weight is 420 g/mol. The van der Waals surface area contributed by atoms with Crippen LogP contribution < -0.4 is 4.74 Å². The van der Waals surface area contributed by atoms with Gasteiger partial charge >= 0.3 is 0 Å². The molecule has 2 aromatic carbocycles. The summed E-state index contributed by atoms with van der Waals surface area (Å²) in [5.74, 6) is 1.84. The zero-order valence-electron chi connectivity index (χ0n) is 19.2. The van der Waals surface area contributed by atoms with Crippen molar-refractivity contribution in [1.29, 1.82) is 0 Å². The number of fused-ring (bicyclic) bond motifs is 1. The standard InChI is InChI=1S/C27H33NO3/c1-18(2)15-28(16-19(3)4)17-22-23(29)14-20(5)25-26(30)24(31-27(22)25)13-9-12-21-10-7-6-8-11-21/h6-14,18-19,29H,15-17H2,1-5H3/b12-9+,24-13-. The quantitative estimate of drug-likeness (QED) is 0.534. The molecular formula is C27H33NO3. The molecule has 0 bridgehead atoms. The number of rotatable bonds is 8. The number of hydrogen-bond acceptors (Lipinski definition) is 4. The number of Topliss-reactive ketones (excluding diaryl/α,β-unsaturated/α-hetero) is 1. The van der Waals surface area contributed by atoms with Gasteiger partial charge in [-0.05, 0) is 42.0 Å². The maximum Gasteiger partial charge on any atom is 0.232 e. The lowest BCUT2D eigenvalue weighted by molar-refractivity contribution is 0.101. The summed E-state index contributed by atoms with van der Waals surface area (Å²) in [6.45, 7) is 13.0. The first kappa shape index (κ1) is 22.8. The van der Waals surface area contributed by atoms with Gasteiger partial charge in [0, 0.05) is 19.6 Å². The van der Waals surface area contributed by atoms with Crippen LogP contribution in [0.1, 0.15) is 54.7 Å². The van der Waals surface area contributed by atoms with Crippen LogP contribution in [-0.4, -0.2) is 28.9 Å². The second-order valence-electron chi connectivity index (χ2n) is 9.11. The van der Waals surface area contributed by atoms with Crippen LogP contribution in [0.2, 0.25) is 0 Å². The molecule has 4 nitrogen and oxygen atoms in total. The predicted molar refractivity (Wildman–Crippen MR) is 126 cm³/mol. The smallest absolute Gasteiger partial charge is 0.232 e. The fourth-order valence-electron chi connectivity index (χ4n) is 4.02. The van der Waals surface area contributed by atoms with Crippen LogP contribution in [0, 0.1) is 18.8 Å². The van der Waals surface area contributed by atoms with Gasteiger partial charge in [-0.25, -0.2) is 0 Å². The van der Waals surface area contributed by atoms with Gasteiger partial charge in [0.05, 0.1) is 11.1 Å². The molecule has 4 heteroatoms. The Bertz CT molecular complexity index is 977. The number of nitrogens with zero attached hydrogens (tertiary/aromatic N) is 1. The van der Waals surface area contributed by atoms with Crippen LogP contribution in [0.3, 0.4) is 0 Å². The van der Waals surface area contributed by atoms with Crippen LogP contribution in [0.25, 0.3) is 6.08 Å². The monoisotopic (exact) mass is 419 g/mol. The third-order valence-corrected chi connectivity index (χ3v) is 5.19. The van der Waals surface area contributed by atoms with Gasteiger partial charge in [0.25, 0.3) is 0 Å². The van der Waals surface area contributed by atoms with Crippen molar-refractivity contribution in [2.45, 2.75) is 41.2 Å². The molecule has 0 fully saturated rings. The summed E-state index contributed by atoms with van der Waals surface area (Å²) in [6, 6.07) is 11.6. The van der Waals surface area contributed by atoms with Crippen LogP contribution >= 0.6 is 0 Å². The minimum absolute atomic E-state index is 0.134.